The molecule has 1 amide bonds. The van der Waals surface area contributed by atoms with E-state index in [-0.39, 0.29) is 11.4 Å². The van der Waals surface area contributed by atoms with E-state index in [4.69, 9.17) is 14.7 Å². The van der Waals surface area contributed by atoms with Crippen molar-refractivity contribution in [2.75, 3.05) is 56.7 Å². The number of fused-ring (bicyclic) bond motifs is 4. The third-order valence-corrected chi connectivity index (χ3v) is 10.8. The Hall–Kier alpha value is -4.19. The van der Waals surface area contributed by atoms with Crippen molar-refractivity contribution in [2.24, 2.45) is 0 Å². The number of hydrogen-bond acceptors (Lipinski definition) is 9. The van der Waals surface area contributed by atoms with Crippen LogP contribution in [0.2, 0.25) is 0 Å². The van der Waals surface area contributed by atoms with Gasteiger partial charge in [-0.15, -0.1) is 0 Å². The minimum absolute atomic E-state index is 0.0762. The largest absolute Gasteiger partial charge is 0.461 e. The topological polar surface area (TPSA) is 112 Å². The summed E-state index contributed by atoms with van der Waals surface area (Å²) in [7, 11) is 3.53. The van der Waals surface area contributed by atoms with Crippen LogP contribution < -0.4 is 14.5 Å². The van der Waals surface area contributed by atoms with Crippen molar-refractivity contribution in [1.29, 1.82) is 0 Å². The van der Waals surface area contributed by atoms with Crippen LogP contribution >= 0.6 is 0 Å². The predicted octanol–water partition coefficient (Wildman–Crippen LogP) is 3.85. The average molecular weight is 625 g/mol. The van der Waals surface area contributed by atoms with Crippen LogP contribution in [0, 0.1) is 13.8 Å². The lowest BCUT2D eigenvalue weighted by atomic mass is 9.95. The molecule has 12 heteroatoms. The van der Waals surface area contributed by atoms with Crippen LogP contribution in [0.1, 0.15) is 70.7 Å². The molecule has 4 aliphatic rings. The Morgan fingerprint density at radius 2 is 1.83 bits per heavy atom. The molecule has 2 saturated heterocycles. The maximum Gasteiger partial charge on any atom is 0.318 e. The van der Waals surface area contributed by atoms with E-state index in [1.165, 1.54) is 48.1 Å². The molecular formula is C34H44N10O2. The lowest BCUT2D eigenvalue weighted by molar-refractivity contribution is 0.0821. The van der Waals surface area contributed by atoms with Gasteiger partial charge in [-0.1, -0.05) is 0 Å². The van der Waals surface area contributed by atoms with E-state index in [0.717, 1.165) is 73.7 Å². The first-order valence-corrected chi connectivity index (χ1v) is 16.8. The minimum atomic E-state index is -0.0762. The number of hydrogen-bond donors (Lipinski definition) is 1. The standard InChI is InChI=1S/C34H44N10O2/c1-22-16-27-26(18-35-38-27)30(23(22)2)41-15-8-25-29(20-41)36-33(46-21-34-9-5-12-43(34)13-6-10-34)37-31(25)42-11-7-14-44-24(19-42)17-28(39-44)32(45)40(3)4/h16-18H,5-15,19-21H2,1-4H3,(H,35,38). The summed E-state index contributed by atoms with van der Waals surface area (Å²) in [6, 6.07) is 4.60. The van der Waals surface area contributed by atoms with E-state index < -0.39 is 0 Å². The Morgan fingerprint density at radius 3 is 2.63 bits per heavy atom. The van der Waals surface area contributed by atoms with Crippen LogP contribution in [0.3, 0.4) is 0 Å². The summed E-state index contributed by atoms with van der Waals surface area (Å²) in [6.07, 6.45) is 8.49. The van der Waals surface area contributed by atoms with Crippen LogP contribution in [0.5, 0.6) is 6.01 Å². The Balaban J connectivity index is 1.16. The summed E-state index contributed by atoms with van der Waals surface area (Å²) >= 11 is 0. The van der Waals surface area contributed by atoms with Crippen molar-refractivity contribution >= 4 is 28.3 Å². The molecule has 242 valence electrons. The SMILES string of the molecule is Cc1cc2[nH]ncc2c(N2CCc3c(nc(OCC45CCCN4CCC5)nc3N3CCCn4nc(C(=O)N(C)C)cc4C3)C2)c1C. The maximum absolute atomic E-state index is 12.7. The molecule has 1 aromatic carbocycles. The third kappa shape index (κ3) is 4.88. The molecule has 4 aromatic rings. The number of carbonyl (C=O) groups is 1. The zero-order chi connectivity index (χ0) is 31.6. The lowest BCUT2D eigenvalue weighted by Crippen LogP contribution is -2.43. The van der Waals surface area contributed by atoms with E-state index in [1.807, 2.05) is 16.9 Å². The van der Waals surface area contributed by atoms with Gasteiger partial charge in [0.25, 0.3) is 5.91 Å². The summed E-state index contributed by atoms with van der Waals surface area (Å²) in [4.78, 5) is 32.1. The smallest absolute Gasteiger partial charge is 0.318 e. The summed E-state index contributed by atoms with van der Waals surface area (Å²) in [6.45, 7) is 11.1. The van der Waals surface area contributed by atoms with Gasteiger partial charge < -0.3 is 19.4 Å². The van der Waals surface area contributed by atoms with Crippen molar-refractivity contribution in [3.05, 3.63) is 52.1 Å². The molecular weight excluding hydrogens is 580 g/mol. The van der Waals surface area contributed by atoms with E-state index in [2.05, 4.69) is 49.9 Å². The molecule has 0 bridgehead atoms. The molecule has 2 fully saturated rings. The fraction of sp³-hybridized carbons (Fsp3) is 0.559. The van der Waals surface area contributed by atoms with Gasteiger partial charge >= 0.3 is 6.01 Å². The Bertz CT molecular complexity index is 1800. The van der Waals surface area contributed by atoms with Crippen LogP contribution in [0.4, 0.5) is 11.5 Å². The van der Waals surface area contributed by atoms with Gasteiger partial charge in [0, 0.05) is 44.7 Å². The number of carbonyl (C=O) groups excluding carboxylic acids is 1. The number of anilines is 2. The van der Waals surface area contributed by atoms with Crippen molar-refractivity contribution in [2.45, 2.75) is 77.5 Å². The molecule has 0 saturated carbocycles. The molecule has 4 aliphatic heterocycles. The van der Waals surface area contributed by atoms with Crippen LogP contribution in [-0.2, 0) is 26.1 Å². The molecule has 8 rings (SSSR count). The van der Waals surface area contributed by atoms with Crippen LogP contribution in [0.15, 0.2) is 18.3 Å². The first-order chi connectivity index (χ1) is 22.3. The number of aromatic amines is 1. The van der Waals surface area contributed by atoms with Gasteiger partial charge in [-0.2, -0.15) is 20.2 Å². The molecule has 3 aromatic heterocycles. The highest BCUT2D eigenvalue weighted by Gasteiger charge is 2.45. The summed E-state index contributed by atoms with van der Waals surface area (Å²) in [5.74, 6) is 0.879. The van der Waals surface area contributed by atoms with E-state index in [9.17, 15) is 4.79 Å². The lowest BCUT2D eigenvalue weighted by Gasteiger charge is -2.35. The van der Waals surface area contributed by atoms with E-state index in [0.29, 0.717) is 31.4 Å². The number of rotatable bonds is 6. The van der Waals surface area contributed by atoms with Gasteiger partial charge in [0.2, 0.25) is 0 Å². The Kier molecular flexibility index (Phi) is 7.15. The van der Waals surface area contributed by atoms with Gasteiger partial charge in [-0.3, -0.25) is 19.5 Å². The summed E-state index contributed by atoms with van der Waals surface area (Å²) < 4.78 is 8.60. The molecule has 0 radical (unpaired) electrons. The molecule has 0 aliphatic carbocycles. The van der Waals surface area contributed by atoms with Gasteiger partial charge in [-0.05, 0) is 88.7 Å². The number of aromatic nitrogens is 6. The molecule has 7 heterocycles. The van der Waals surface area contributed by atoms with Gasteiger partial charge in [0.05, 0.1) is 47.4 Å². The molecule has 0 atom stereocenters. The fourth-order valence-electron chi connectivity index (χ4n) is 8.26. The quantitative estimate of drug-likeness (QED) is 0.342. The first-order valence-electron chi connectivity index (χ1n) is 16.8. The number of benzene rings is 1. The van der Waals surface area contributed by atoms with E-state index >= 15 is 0 Å². The Labute approximate surface area is 269 Å². The Morgan fingerprint density at radius 1 is 1.00 bits per heavy atom. The molecule has 0 unspecified atom stereocenters. The third-order valence-electron chi connectivity index (χ3n) is 10.8. The molecule has 12 nitrogen and oxygen atoms in total. The van der Waals surface area contributed by atoms with Gasteiger partial charge in [-0.25, -0.2) is 0 Å². The maximum atomic E-state index is 12.7. The van der Waals surface area contributed by atoms with Gasteiger partial charge in [0.1, 0.15) is 12.4 Å². The van der Waals surface area contributed by atoms with Crippen molar-refractivity contribution in [1.82, 2.24) is 39.7 Å². The number of ether oxygens (including phenoxy) is 1. The molecule has 1 N–H and O–H groups in total. The number of amides is 1. The summed E-state index contributed by atoms with van der Waals surface area (Å²) in [5, 5.41) is 13.4. The highest BCUT2D eigenvalue weighted by Crippen LogP contribution is 2.40. The number of nitrogens with one attached hydrogen (secondary N) is 1. The second kappa shape index (κ2) is 11.3. The van der Waals surface area contributed by atoms with Gasteiger partial charge in [0.15, 0.2) is 5.69 Å². The number of aryl methyl sites for hydroxylation is 2. The minimum Gasteiger partial charge on any atom is -0.461 e. The fourth-order valence-corrected chi connectivity index (χ4v) is 8.26. The van der Waals surface area contributed by atoms with E-state index in [1.54, 1.807) is 19.0 Å². The first kappa shape index (κ1) is 29.2. The highest BCUT2D eigenvalue weighted by molar-refractivity contribution is 5.94. The monoisotopic (exact) mass is 624 g/mol. The zero-order valence-corrected chi connectivity index (χ0v) is 27.5. The zero-order valence-electron chi connectivity index (χ0n) is 27.5. The normalized spacial score (nSPS) is 19.2. The van der Waals surface area contributed by atoms with Crippen molar-refractivity contribution < 1.29 is 9.53 Å². The second-order valence-electron chi connectivity index (χ2n) is 13.9. The van der Waals surface area contributed by atoms with Crippen LogP contribution in [-0.4, -0.2) is 98.1 Å². The van der Waals surface area contributed by atoms with Crippen LogP contribution in [0.25, 0.3) is 10.9 Å². The van der Waals surface area contributed by atoms with Crippen molar-refractivity contribution in [3.8, 4) is 6.01 Å². The number of nitrogens with zero attached hydrogens (tertiary/aromatic N) is 9. The van der Waals surface area contributed by atoms with Crippen molar-refractivity contribution in [3.63, 3.8) is 0 Å². The molecule has 46 heavy (non-hydrogen) atoms. The predicted molar refractivity (Wildman–Crippen MR) is 177 cm³/mol. The number of H-pyrrole nitrogens is 1. The molecule has 0 spiro atoms. The summed E-state index contributed by atoms with van der Waals surface area (Å²) in [5.41, 5.74) is 8.64. The highest BCUT2D eigenvalue weighted by atomic mass is 16.5. The second-order valence-corrected chi connectivity index (χ2v) is 13.9. The average Bonchev–Trinajstić information content (AvgIpc) is 3.82.